The Balaban J connectivity index is 1.55. The van der Waals surface area contributed by atoms with Crippen molar-refractivity contribution in [3.05, 3.63) is 36.4 Å². The van der Waals surface area contributed by atoms with Gasteiger partial charge in [0.05, 0.1) is 48.2 Å². The summed E-state index contributed by atoms with van der Waals surface area (Å²) in [6.45, 7) is 5.49. The van der Waals surface area contributed by atoms with E-state index in [-0.39, 0.29) is 0 Å². The summed E-state index contributed by atoms with van der Waals surface area (Å²) in [7, 11) is 0. The molecule has 1 fully saturated rings. The van der Waals surface area contributed by atoms with Crippen LogP contribution >= 0.6 is 0 Å². The molecule has 1 aliphatic rings. The van der Waals surface area contributed by atoms with E-state index in [4.69, 9.17) is 4.74 Å². The molecule has 1 aliphatic heterocycles. The van der Waals surface area contributed by atoms with E-state index in [0.29, 0.717) is 6.04 Å². The van der Waals surface area contributed by atoms with Gasteiger partial charge in [0.1, 0.15) is 0 Å². The molecule has 3 aromatic rings. The smallest absolute Gasteiger partial charge is 0.0971 e. The lowest BCUT2D eigenvalue weighted by Gasteiger charge is -2.32. The molecule has 1 saturated heterocycles. The van der Waals surface area contributed by atoms with E-state index in [9.17, 15) is 0 Å². The van der Waals surface area contributed by atoms with E-state index in [1.807, 2.05) is 24.4 Å². The van der Waals surface area contributed by atoms with E-state index < -0.39 is 0 Å². The molecule has 0 saturated carbocycles. The molecule has 114 valence electrons. The van der Waals surface area contributed by atoms with E-state index in [2.05, 4.69) is 32.1 Å². The Morgan fingerprint density at radius 1 is 1.41 bits per heavy atom. The first kappa shape index (κ1) is 13.4. The Labute approximate surface area is 127 Å². The third-order valence-corrected chi connectivity index (χ3v) is 4.08. The summed E-state index contributed by atoms with van der Waals surface area (Å²) in [4.78, 5) is 9.71. The highest BCUT2D eigenvalue weighted by molar-refractivity contribution is 5.76. The molecule has 0 amide bonds. The second kappa shape index (κ2) is 5.51. The molecule has 0 radical (unpaired) electrons. The average Bonchev–Trinajstić information content (AvgIpc) is 3.17. The van der Waals surface area contributed by atoms with Crippen molar-refractivity contribution in [2.45, 2.75) is 19.5 Å². The van der Waals surface area contributed by atoms with Crippen LogP contribution in [0.15, 0.2) is 30.7 Å². The fraction of sp³-hybridized carbons (Fsp3) is 0.400. The lowest BCUT2D eigenvalue weighted by Crippen LogP contribution is -2.42. The lowest BCUT2D eigenvalue weighted by molar-refractivity contribution is -0.00492. The fourth-order valence-electron chi connectivity index (χ4n) is 2.77. The molecular formula is C15H18N6O. The summed E-state index contributed by atoms with van der Waals surface area (Å²) in [6.07, 6.45) is 3.68. The van der Waals surface area contributed by atoms with Crippen LogP contribution in [0.4, 0.5) is 0 Å². The molecule has 1 N–H and O–H groups in total. The number of rotatable bonds is 3. The van der Waals surface area contributed by atoms with Crippen LogP contribution in [0.1, 0.15) is 12.6 Å². The van der Waals surface area contributed by atoms with Gasteiger partial charge in [0.2, 0.25) is 0 Å². The minimum absolute atomic E-state index is 0.417. The number of hydrogen-bond acceptors (Lipinski definition) is 5. The summed E-state index contributed by atoms with van der Waals surface area (Å²) >= 11 is 0. The zero-order valence-electron chi connectivity index (χ0n) is 12.4. The monoisotopic (exact) mass is 298 g/mol. The molecule has 7 nitrogen and oxygen atoms in total. The Morgan fingerprint density at radius 3 is 3.27 bits per heavy atom. The predicted molar refractivity (Wildman–Crippen MR) is 81.7 cm³/mol. The molecule has 7 heteroatoms. The van der Waals surface area contributed by atoms with Crippen LogP contribution in [0.3, 0.4) is 0 Å². The molecule has 2 aromatic heterocycles. The molecule has 0 unspecified atom stereocenters. The van der Waals surface area contributed by atoms with Crippen LogP contribution in [-0.2, 0) is 11.3 Å². The number of H-pyrrole nitrogens is 1. The first-order valence-corrected chi connectivity index (χ1v) is 7.46. The normalized spacial score (nSPS) is 19.8. The number of aromatic nitrogens is 5. The molecule has 0 spiro atoms. The fourth-order valence-corrected chi connectivity index (χ4v) is 2.77. The van der Waals surface area contributed by atoms with Gasteiger partial charge in [0, 0.05) is 19.1 Å². The molecule has 1 atom stereocenters. The van der Waals surface area contributed by atoms with Crippen LogP contribution < -0.4 is 0 Å². The van der Waals surface area contributed by atoms with Crippen LogP contribution in [0.25, 0.3) is 16.7 Å². The number of hydrogen-bond donors (Lipinski definition) is 1. The summed E-state index contributed by atoms with van der Waals surface area (Å²) in [5.41, 5.74) is 3.89. The highest BCUT2D eigenvalue weighted by atomic mass is 16.5. The van der Waals surface area contributed by atoms with Crippen molar-refractivity contribution in [3.8, 4) is 5.69 Å². The third-order valence-electron chi connectivity index (χ3n) is 4.08. The Hall–Kier alpha value is -2.25. The average molecular weight is 298 g/mol. The van der Waals surface area contributed by atoms with Gasteiger partial charge in [0.25, 0.3) is 0 Å². The van der Waals surface area contributed by atoms with Gasteiger partial charge in [0.15, 0.2) is 0 Å². The van der Waals surface area contributed by atoms with Gasteiger partial charge in [-0.1, -0.05) is 5.21 Å². The molecule has 0 aliphatic carbocycles. The second-order valence-electron chi connectivity index (χ2n) is 5.65. The number of ether oxygens (including phenoxy) is 1. The number of nitrogens with zero attached hydrogens (tertiary/aromatic N) is 5. The summed E-state index contributed by atoms with van der Waals surface area (Å²) in [5, 5.41) is 8.54. The van der Waals surface area contributed by atoms with E-state index in [0.717, 1.165) is 48.7 Å². The van der Waals surface area contributed by atoms with E-state index in [1.165, 1.54) is 0 Å². The van der Waals surface area contributed by atoms with Crippen molar-refractivity contribution in [2.24, 2.45) is 0 Å². The number of fused-ring (bicyclic) bond motifs is 1. The van der Waals surface area contributed by atoms with Crippen molar-refractivity contribution in [3.63, 3.8) is 0 Å². The van der Waals surface area contributed by atoms with E-state index in [1.54, 1.807) is 11.0 Å². The summed E-state index contributed by atoms with van der Waals surface area (Å²) < 4.78 is 7.27. The number of benzene rings is 1. The maximum absolute atomic E-state index is 5.47. The maximum Gasteiger partial charge on any atom is 0.0971 e. The van der Waals surface area contributed by atoms with Gasteiger partial charge in [-0.25, -0.2) is 9.67 Å². The largest absolute Gasteiger partial charge is 0.379 e. The lowest BCUT2D eigenvalue weighted by atomic mass is 10.2. The Bertz CT molecular complexity index is 779. The van der Waals surface area contributed by atoms with Crippen molar-refractivity contribution in [1.29, 1.82) is 0 Å². The highest BCUT2D eigenvalue weighted by Gasteiger charge is 2.20. The zero-order chi connectivity index (χ0) is 14.9. The molecule has 1 aromatic carbocycles. The standard InChI is InChI=1S/C15H18N6O/c1-11-9-22-5-4-20(11)7-12-8-21(19-18-12)13-2-3-14-15(6-13)17-10-16-14/h2-3,6,8,10-11H,4-5,7,9H2,1H3,(H,16,17)/t11-/m1/s1. The molecule has 22 heavy (non-hydrogen) atoms. The van der Waals surface area contributed by atoms with Gasteiger partial charge in [-0.3, -0.25) is 4.90 Å². The van der Waals surface area contributed by atoms with Crippen molar-refractivity contribution < 1.29 is 4.74 Å². The van der Waals surface area contributed by atoms with Gasteiger partial charge >= 0.3 is 0 Å². The summed E-state index contributed by atoms with van der Waals surface area (Å²) in [5.74, 6) is 0. The number of morpholine rings is 1. The second-order valence-corrected chi connectivity index (χ2v) is 5.65. The predicted octanol–water partition coefficient (Wildman–Crippen LogP) is 1.36. The Kier molecular flexibility index (Phi) is 3.36. The Morgan fingerprint density at radius 2 is 2.36 bits per heavy atom. The van der Waals surface area contributed by atoms with Crippen molar-refractivity contribution >= 4 is 11.0 Å². The number of nitrogens with one attached hydrogen (secondary N) is 1. The van der Waals surface area contributed by atoms with Gasteiger partial charge < -0.3 is 9.72 Å². The molecule has 3 heterocycles. The van der Waals surface area contributed by atoms with Crippen LogP contribution in [0.5, 0.6) is 0 Å². The van der Waals surface area contributed by atoms with Crippen molar-refractivity contribution in [2.75, 3.05) is 19.8 Å². The zero-order valence-corrected chi connectivity index (χ0v) is 12.4. The minimum atomic E-state index is 0.417. The highest BCUT2D eigenvalue weighted by Crippen LogP contribution is 2.16. The number of imidazole rings is 1. The third kappa shape index (κ3) is 2.49. The van der Waals surface area contributed by atoms with Gasteiger partial charge in [-0.2, -0.15) is 0 Å². The topological polar surface area (TPSA) is 71.9 Å². The van der Waals surface area contributed by atoms with Crippen LogP contribution in [-0.4, -0.2) is 55.7 Å². The molecular weight excluding hydrogens is 280 g/mol. The number of aromatic amines is 1. The quantitative estimate of drug-likeness (QED) is 0.790. The van der Waals surface area contributed by atoms with Gasteiger partial charge in [-0.05, 0) is 25.1 Å². The maximum atomic E-state index is 5.47. The van der Waals surface area contributed by atoms with Gasteiger partial charge in [-0.15, -0.1) is 5.10 Å². The minimum Gasteiger partial charge on any atom is -0.379 e. The first-order valence-electron chi connectivity index (χ1n) is 7.46. The SMILES string of the molecule is C[C@@H]1COCCN1Cc1cn(-c2ccc3nc[nH]c3c2)nn1. The van der Waals surface area contributed by atoms with Crippen LogP contribution in [0, 0.1) is 0 Å². The van der Waals surface area contributed by atoms with Crippen LogP contribution in [0.2, 0.25) is 0 Å². The molecule has 4 rings (SSSR count). The van der Waals surface area contributed by atoms with Crippen molar-refractivity contribution in [1.82, 2.24) is 29.9 Å². The van der Waals surface area contributed by atoms with E-state index >= 15 is 0 Å². The first-order chi connectivity index (χ1) is 10.8. The summed E-state index contributed by atoms with van der Waals surface area (Å²) in [6, 6.07) is 6.42. The molecule has 0 bridgehead atoms.